The van der Waals surface area contributed by atoms with Gasteiger partial charge in [0, 0.05) is 5.69 Å². The molecule has 1 heteroatoms. The Kier molecular flexibility index (Phi) is 7.67. The van der Waals surface area contributed by atoms with Crippen LogP contribution in [0.15, 0.2) is 97.1 Å². The fourth-order valence-electron chi connectivity index (χ4n) is 4.76. The molecule has 0 aliphatic rings. The molecule has 4 aromatic carbocycles. The molecule has 4 aromatic rings. The Hall–Kier alpha value is -3.84. The predicted octanol–water partition coefficient (Wildman–Crippen LogP) is 8.94. The summed E-state index contributed by atoms with van der Waals surface area (Å²) in [6.07, 6.45) is 14.9. The van der Waals surface area contributed by atoms with Crippen LogP contribution in [0.3, 0.4) is 0 Å². The number of allylic oxidation sites excluding steroid dienone is 5. The maximum Gasteiger partial charge on any atom is 0.0346 e. The largest absolute Gasteiger partial charge is 0.399 e. The number of nitrogen functional groups attached to an aromatic ring is 1. The van der Waals surface area contributed by atoms with Gasteiger partial charge in [0.15, 0.2) is 0 Å². The van der Waals surface area contributed by atoms with E-state index in [1.165, 1.54) is 49.7 Å². The molecule has 0 fully saturated rings. The van der Waals surface area contributed by atoms with E-state index in [0.717, 1.165) is 24.1 Å². The van der Waals surface area contributed by atoms with Crippen molar-refractivity contribution in [2.75, 3.05) is 5.73 Å². The van der Waals surface area contributed by atoms with Crippen LogP contribution in [0.4, 0.5) is 5.69 Å². The van der Waals surface area contributed by atoms with E-state index in [9.17, 15) is 0 Å². The third kappa shape index (κ3) is 5.46. The lowest BCUT2D eigenvalue weighted by atomic mass is 9.84. The van der Waals surface area contributed by atoms with Crippen LogP contribution in [0.25, 0.3) is 28.0 Å². The summed E-state index contributed by atoms with van der Waals surface area (Å²) in [6, 6.07) is 24.0. The number of nitrogens with two attached hydrogens (primary N) is 1. The minimum atomic E-state index is 0.851. The van der Waals surface area contributed by atoms with Crippen molar-refractivity contribution >= 4 is 22.5 Å². The maximum atomic E-state index is 6.15. The topological polar surface area (TPSA) is 26.0 Å². The Balaban J connectivity index is 1.89. The van der Waals surface area contributed by atoms with Gasteiger partial charge in [-0.3, -0.25) is 0 Å². The Morgan fingerprint density at radius 1 is 0.771 bits per heavy atom. The smallest absolute Gasteiger partial charge is 0.0346 e. The fourth-order valence-corrected chi connectivity index (χ4v) is 4.76. The molecule has 0 bridgehead atoms. The average Bonchev–Trinajstić information content (AvgIpc) is 2.86. The maximum absolute atomic E-state index is 6.15. The Bertz CT molecular complexity index is 1420. The molecule has 4 rings (SSSR count). The lowest BCUT2D eigenvalue weighted by Gasteiger charge is -2.19. The van der Waals surface area contributed by atoms with Gasteiger partial charge in [-0.15, -0.1) is 0 Å². The van der Waals surface area contributed by atoms with Crippen LogP contribution < -0.4 is 5.73 Å². The number of aryl methyl sites for hydroxylation is 2. The minimum Gasteiger partial charge on any atom is -0.399 e. The molecule has 0 saturated heterocycles. The second kappa shape index (κ2) is 11.1. The van der Waals surface area contributed by atoms with E-state index in [1.807, 2.05) is 13.8 Å². The van der Waals surface area contributed by atoms with E-state index in [-0.39, 0.29) is 0 Å². The Morgan fingerprint density at radius 2 is 1.57 bits per heavy atom. The van der Waals surface area contributed by atoms with Gasteiger partial charge in [0.1, 0.15) is 0 Å². The molecule has 0 aliphatic heterocycles. The molecule has 1 nitrogen and oxygen atoms in total. The molecular weight excluding hydrogens is 422 g/mol. The van der Waals surface area contributed by atoms with E-state index in [4.69, 9.17) is 5.73 Å². The van der Waals surface area contributed by atoms with Crippen molar-refractivity contribution in [1.29, 1.82) is 0 Å². The summed E-state index contributed by atoms with van der Waals surface area (Å²) in [5.74, 6) is 0. The standard InChI is InChI=1S/C34H35N/c1-5-6-7-11-16-30-29(17-12-13-27-20-19-25(3)33(35)23-27)26(4)34(28-14-9-8-10-15-28)31-21-18-24(2)22-32(30)31/h5-12,14-15,17-23H,13,16,35H2,1-4H3/b6-5-,11-7-,17-12-. The van der Waals surface area contributed by atoms with Crippen LogP contribution in [-0.4, -0.2) is 0 Å². The Labute approximate surface area is 210 Å². The molecule has 0 spiro atoms. The van der Waals surface area contributed by atoms with E-state index in [0.29, 0.717) is 0 Å². The molecule has 0 unspecified atom stereocenters. The van der Waals surface area contributed by atoms with Gasteiger partial charge in [0.2, 0.25) is 0 Å². The number of anilines is 1. The summed E-state index contributed by atoms with van der Waals surface area (Å²) in [6.45, 7) is 8.55. The number of fused-ring (bicyclic) bond motifs is 1. The van der Waals surface area contributed by atoms with E-state index >= 15 is 0 Å². The van der Waals surface area contributed by atoms with Crippen molar-refractivity contribution in [1.82, 2.24) is 0 Å². The second-order valence-electron chi connectivity index (χ2n) is 9.26. The first-order valence-electron chi connectivity index (χ1n) is 12.4. The van der Waals surface area contributed by atoms with Crippen molar-refractivity contribution in [3.05, 3.63) is 130 Å². The van der Waals surface area contributed by atoms with Gasteiger partial charge < -0.3 is 5.73 Å². The van der Waals surface area contributed by atoms with Crippen LogP contribution in [0, 0.1) is 20.8 Å². The summed E-state index contributed by atoms with van der Waals surface area (Å²) < 4.78 is 0. The second-order valence-corrected chi connectivity index (χ2v) is 9.26. The van der Waals surface area contributed by atoms with Gasteiger partial charge in [-0.2, -0.15) is 0 Å². The third-order valence-electron chi connectivity index (χ3n) is 6.68. The van der Waals surface area contributed by atoms with Crippen LogP contribution >= 0.6 is 0 Å². The molecule has 0 aromatic heterocycles. The molecule has 0 atom stereocenters. The molecule has 0 saturated carbocycles. The highest BCUT2D eigenvalue weighted by atomic mass is 14.5. The van der Waals surface area contributed by atoms with Gasteiger partial charge in [0.25, 0.3) is 0 Å². The van der Waals surface area contributed by atoms with Crippen molar-refractivity contribution in [2.24, 2.45) is 0 Å². The van der Waals surface area contributed by atoms with Crippen LogP contribution in [-0.2, 0) is 12.8 Å². The molecule has 0 radical (unpaired) electrons. The van der Waals surface area contributed by atoms with Crippen molar-refractivity contribution < 1.29 is 0 Å². The molecule has 176 valence electrons. The number of hydrogen-bond acceptors (Lipinski definition) is 1. The van der Waals surface area contributed by atoms with Crippen molar-refractivity contribution in [3.63, 3.8) is 0 Å². The van der Waals surface area contributed by atoms with Crippen molar-refractivity contribution in [2.45, 2.75) is 40.5 Å². The third-order valence-corrected chi connectivity index (χ3v) is 6.68. The number of rotatable bonds is 7. The summed E-state index contributed by atoms with van der Waals surface area (Å²) in [7, 11) is 0. The highest BCUT2D eigenvalue weighted by Crippen LogP contribution is 2.38. The lowest BCUT2D eigenvalue weighted by Crippen LogP contribution is -1.99. The fraction of sp³-hybridized carbons (Fsp3) is 0.176. The normalized spacial score (nSPS) is 12.0. The SMILES string of the molecule is C/C=C\C=C/Cc1c(/C=C\Cc2ccc(C)c(N)c2)c(C)c(-c2ccccc2)c2ccc(C)cc12. The average molecular weight is 458 g/mol. The lowest BCUT2D eigenvalue weighted by molar-refractivity contribution is 1.24. The summed E-state index contributed by atoms with van der Waals surface area (Å²) in [4.78, 5) is 0. The molecule has 0 amide bonds. The van der Waals surface area contributed by atoms with Gasteiger partial charge in [-0.1, -0.05) is 103 Å². The van der Waals surface area contributed by atoms with Crippen molar-refractivity contribution in [3.8, 4) is 11.1 Å². The zero-order valence-electron chi connectivity index (χ0n) is 21.3. The molecule has 2 N–H and O–H groups in total. The number of benzene rings is 4. The highest BCUT2D eigenvalue weighted by Gasteiger charge is 2.16. The molecular formula is C34H35N. The van der Waals surface area contributed by atoms with E-state index < -0.39 is 0 Å². The first-order chi connectivity index (χ1) is 17.0. The zero-order valence-corrected chi connectivity index (χ0v) is 21.3. The predicted molar refractivity (Wildman–Crippen MR) is 155 cm³/mol. The van der Waals surface area contributed by atoms with Gasteiger partial charge >= 0.3 is 0 Å². The first kappa shape index (κ1) is 24.3. The first-order valence-corrected chi connectivity index (χ1v) is 12.4. The van der Waals surface area contributed by atoms with Gasteiger partial charge in [0.05, 0.1) is 0 Å². The van der Waals surface area contributed by atoms with Crippen LogP contribution in [0.2, 0.25) is 0 Å². The monoisotopic (exact) mass is 457 g/mol. The quantitative estimate of drug-likeness (QED) is 0.217. The molecule has 0 aliphatic carbocycles. The Morgan fingerprint density at radius 3 is 2.31 bits per heavy atom. The minimum absolute atomic E-state index is 0.851. The van der Waals surface area contributed by atoms with E-state index in [2.05, 4.69) is 117 Å². The summed E-state index contributed by atoms with van der Waals surface area (Å²) >= 11 is 0. The molecule has 0 heterocycles. The van der Waals surface area contributed by atoms with E-state index in [1.54, 1.807) is 0 Å². The molecule has 35 heavy (non-hydrogen) atoms. The van der Waals surface area contributed by atoms with Crippen LogP contribution in [0.5, 0.6) is 0 Å². The summed E-state index contributed by atoms with van der Waals surface area (Å²) in [5, 5.41) is 2.65. The highest BCUT2D eigenvalue weighted by molar-refractivity contribution is 6.03. The van der Waals surface area contributed by atoms with Gasteiger partial charge in [-0.25, -0.2) is 0 Å². The van der Waals surface area contributed by atoms with Gasteiger partial charge in [-0.05, 0) is 96.3 Å². The van der Waals surface area contributed by atoms with Crippen LogP contribution in [0.1, 0.15) is 40.3 Å². The number of hydrogen-bond donors (Lipinski definition) is 1. The summed E-state index contributed by atoms with van der Waals surface area (Å²) in [5.41, 5.74) is 17.2. The zero-order chi connectivity index (χ0) is 24.8.